The van der Waals surface area contributed by atoms with Crippen LogP contribution in [0.4, 0.5) is 0 Å². The van der Waals surface area contributed by atoms with Gasteiger partial charge in [-0.25, -0.2) is 9.31 Å². The van der Waals surface area contributed by atoms with Gasteiger partial charge < -0.3 is 9.47 Å². The van der Waals surface area contributed by atoms with Crippen molar-refractivity contribution in [2.24, 2.45) is 0 Å². The highest BCUT2D eigenvalue weighted by molar-refractivity contribution is 7.18. The Morgan fingerprint density at radius 2 is 2.04 bits per heavy atom. The second-order valence-electron chi connectivity index (χ2n) is 5.09. The van der Waals surface area contributed by atoms with Gasteiger partial charge in [0, 0.05) is 5.56 Å². The Labute approximate surface area is 147 Å². The molecular weight excluding hydrogens is 340 g/mol. The third kappa shape index (κ3) is 2.97. The topological polar surface area (TPSA) is 89.5 Å². The van der Waals surface area contributed by atoms with Gasteiger partial charge in [-0.15, -0.1) is 5.10 Å². The largest absolute Gasteiger partial charge is 0.503 e. The SMILES string of the molecule is COC=C(C(=O)OC)c1sc2nc(-c3ccc(C#N)cc3)nn2c1C. The maximum absolute atomic E-state index is 12.0. The van der Waals surface area contributed by atoms with Crippen LogP contribution in [-0.4, -0.2) is 34.8 Å². The number of carbonyl (C=O) groups excluding carboxylic acids is 1. The number of nitrogens with zero attached hydrogens (tertiary/aromatic N) is 4. The van der Waals surface area contributed by atoms with Crippen molar-refractivity contribution in [2.45, 2.75) is 6.92 Å². The summed E-state index contributed by atoms with van der Waals surface area (Å²) in [6.45, 7) is 1.85. The van der Waals surface area contributed by atoms with Gasteiger partial charge in [0.25, 0.3) is 0 Å². The van der Waals surface area contributed by atoms with E-state index in [0.717, 1.165) is 11.3 Å². The highest BCUT2D eigenvalue weighted by atomic mass is 32.1. The minimum Gasteiger partial charge on any atom is -0.503 e. The van der Waals surface area contributed by atoms with E-state index in [9.17, 15) is 4.79 Å². The average molecular weight is 354 g/mol. The van der Waals surface area contributed by atoms with Gasteiger partial charge >= 0.3 is 5.97 Å². The Morgan fingerprint density at radius 3 is 2.60 bits per heavy atom. The molecule has 126 valence electrons. The van der Waals surface area contributed by atoms with E-state index in [-0.39, 0.29) is 0 Å². The number of nitriles is 1. The lowest BCUT2D eigenvalue weighted by Crippen LogP contribution is -2.05. The minimum absolute atomic E-state index is 0.319. The minimum atomic E-state index is -0.484. The number of methoxy groups -OCH3 is 2. The third-order valence-corrected chi connectivity index (χ3v) is 4.74. The van der Waals surface area contributed by atoms with E-state index >= 15 is 0 Å². The second kappa shape index (κ2) is 6.75. The quantitative estimate of drug-likeness (QED) is 0.407. The van der Waals surface area contributed by atoms with Gasteiger partial charge in [0.1, 0.15) is 5.57 Å². The summed E-state index contributed by atoms with van der Waals surface area (Å²) >= 11 is 1.33. The number of ether oxygens (including phenoxy) is 2. The van der Waals surface area contributed by atoms with Gasteiger partial charge in [0.15, 0.2) is 5.82 Å². The van der Waals surface area contributed by atoms with Crippen LogP contribution in [0.2, 0.25) is 0 Å². The molecule has 0 saturated heterocycles. The molecule has 25 heavy (non-hydrogen) atoms. The van der Waals surface area contributed by atoms with Gasteiger partial charge in [-0.1, -0.05) is 11.3 Å². The molecule has 0 aliphatic rings. The normalized spacial score (nSPS) is 11.4. The molecular formula is C17H14N4O3S. The first-order valence-electron chi connectivity index (χ1n) is 7.27. The molecule has 8 heteroatoms. The number of benzene rings is 1. The van der Waals surface area contributed by atoms with Crippen LogP contribution in [0.5, 0.6) is 0 Å². The Morgan fingerprint density at radius 1 is 1.32 bits per heavy atom. The van der Waals surface area contributed by atoms with Crippen molar-refractivity contribution in [1.82, 2.24) is 14.6 Å². The number of carbonyl (C=O) groups is 1. The first kappa shape index (κ1) is 16.7. The Bertz CT molecular complexity index is 1010. The van der Waals surface area contributed by atoms with E-state index in [2.05, 4.69) is 16.2 Å². The highest BCUT2D eigenvalue weighted by Gasteiger charge is 2.22. The maximum atomic E-state index is 12.0. The summed E-state index contributed by atoms with van der Waals surface area (Å²) in [6.07, 6.45) is 1.35. The van der Waals surface area contributed by atoms with Crippen LogP contribution in [0.25, 0.3) is 21.9 Å². The highest BCUT2D eigenvalue weighted by Crippen LogP contribution is 2.30. The summed E-state index contributed by atoms with van der Waals surface area (Å²) in [5.74, 6) is 0.0718. The lowest BCUT2D eigenvalue weighted by Gasteiger charge is -2.03. The van der Waals surface area contributed by atoms with E-state index in [1.165, 1.54) is 31.8 Å². The number of thiazole rings is 1. The molecule has 2 aromatic heterocycles. The molecule has 0 fully saturated rings. The molecule has 0 saturated carbocycles. The summed E-state index contributed by atoms with van der Waals surface area (Å²) in [4.78, 5) is 17.8. The van der Waals surface area contributed by atoms with E-state index in [1.807, 2.05) is 6.92 Å². The zero-order chi connectivity index (χ0) is 18.0. The molecule has 7 nitrogen and oxygen atoms in total. The van der Waals surface area contributed by atoms with Crippen molar-refractivity contribution in [2.75, 3.05) is 14.2 Å². The van der Waals surface area contributed by atoms with Crippen molar-refractivity contribution in [1.29, 1.82) is 5.26 Å². The van der Waals surface area contributed by atoms with Crippen LogP contribution in [0, 0.1) is 18.3 Å². The smallest absolute Gasteiger partial charge is 0.342 e. The molecule has 0 radical (unpaired) electrons. The fourth-order valence-electron chi connectivity index (χ4n) is 2.33. The summed E-state index contributed by atoms with van der Waals surface area (Å²) in [5, 5.41) is 13.4. The number of esters is 1. The first-order valence-corrected chi connectivity index (χ1v) is 8.09. The number of fused-ring (bicyclic) bond motifs is 1. The van der Waals surface area contributed by atoms with Crippen molar-refractivity contribution in [3.8, 4) is 17.5 Å². The summed E-state index contributed by atoms with van der Waals surface area (Å²) in [7, 11) is 2.79. The molecule has 0 bridgehead atoms. The zero-order valence-electron chi connectivity index (χ0n) is 13.8. The predicted octanol–water partition coefficient (Wildman–Crippen LogP) is 2.80. The fraction of sp³-hybridized carbons (Fsp3) is 0.176. The number of rotatable bonds is 4. The molecule has 0 aliphatic carbocycles. The molecule has 0 N–H and O–H groups in total. The Balaban J connectivity index is 2.05. The van der Waals surface area contributed by atoms with E-state index < -0.39 is 5.97 Å². The van der Waals surface area contributed by atoms with Crippen LogP contribution in [0.1, 0.15) is 16.1 Å². The van der Waals surface area contributed by atoms with Crippen molar-refractivity contribution in [3.63, 3.8) is 0 Å². The number of aryl methyl sites for hydroxylation is 1. The van der Waals surface area contributed by atoms with Crippen molar-refractivity contribution in [3.05, 3.63) is 46.7 Å². The molecule has 0 unspecified atom stereocenters. The molecule has 0 aliphatic heterocycles. The molecule has 1 aromatic carbocycles. The van der Waals surface area contributed by atoms with Crippen molar-refractivity contribution < 1.29 is 14.3 Å². The summed E-state index contributed by atoms with van der Waals surface area (Å²) in [6, 6.07) is 9.13. The van der Waals surface area contributed by atoms with Crippen LogP contribution in [-0.2, 0) is 14.3 Å². The third-order valence-electron chi connectivity index (χ3n) is 3.57. The maximum Gasteiger partial charge on any atom is 0.342 e. The average Bonchev–Trinajstić information content (AvgIpc) is 3.19. The lowest BCUT2D eigenvalue weighted by molar-refractivity contribution is -0.133. The van der Waals surface area contributed by atoms with E-state index in [4.69, 9.17) is 14.7 Å². The van der Waals surface area contributed by atoms with E-state index in [0.29, 0.717) is 26.8 Å². The Kier molecular flexibility index (Phi) is 4.50. The van der Waals surface area contributed by atoms with Gasteiger partial charge in [0.2, 0.25) is 4.96 Å². The van der Waals surface area contributed by atoms with Crippen LogP contribution in [0.15, 0.2) is 30.5 Å². The fourth-order valence-corrected chi connectivity index (χ4v) is 3.39. The number of hydrogen-bond donors (Lipinski definition) is 0. The predicted molar refractivity (Wildman–Crippen MR) is 92.8 cm³/mol. The first-order chi connectivity index (χ1) is 12.1. The van der Waals surface area contributed by atoms with E-state index in [1.54, 1.807) is 28.8 Å². The molecule has 3 rings (SSSR count). The van der Waals surface area contributed by atoms with Gasteiger partial charge in [-0.3, -0.25) is 0 Å². The van der Waals surface area contributed by atoms with Crippen molar-refractivity contribution >= 4 is 27.8 Å². The van der Waals surface area contributed by atoms with Crippen LogP contribution < -0.4 is 0 Å². The van der Waals surface area contributed by atoms with Crippen LogP contribution >= 0.6 is 11.3 Å². The summed E-state index contributed by atoms with van der Waals surface area (Å²) < 4.78 is 11.5. The molecule has 2 heterocycles. The van der Waals surface area contributed by atoms with Gasteiger partial charge in [-0.2, -0.15) is 10.2 Å². The second-order valence-corrected chi connectivity index (χ2v) is 6.07. The zero-order valence-corrected chi connectivity index (χ0v) is 14.6. The number of aromatic nitrogens is 3. The molecule has 3 aromatic rings. The van der Waals surface area contributed by atoms with Gasteiger partial charge in [0.05, 0.1) is 42.7 Å². The summed E-state index contributed by atoms with van der Waals surface area (Å²) in [5.41, 5.74) is 2.48. The number of hydrogen-bond acceptors (Lipinski definition) is 7. The van der Waals surface area contributed by atoms with Gasteiger partial charge in [-0.05, 0) is 31.2 Å². The Hall–Kier alpha value is -3.18. The molecule has 0 spiro atoms. The monoisotopic (exact) mass is 354 g/mol. The lowest BCUT2D eigenvalue weighted by atomic mass is 10.1. The molecule has 0 atom stereocenters. The van der Waals surface area contributed by atoms with Crippen LogP contribution in [0.3, 0.4) is 0 Å². The standard InChI is InChI=1S/C17H14N4O3S/c1-10-14(13(9-23-2)16(22)24-3)25-17-19-15(20-21(10)17)12-6-4-11(8-18)5-7-12/h4-7,9H,1-3H3. The molecule has 0 amide bonds.